The Morgan fingerprint density at radius 1 is 1.41 bits per heavy atom. The second-order valence-electron chi connectivity index (χ2n) is 4.43. The van der Waals surface area contributed by atoms with Gasteiger partial charge in [0.05, 0.1) is 0 Å². The zero-order valence-corrected chi connectivity index (χ0v) is 11.3. The van der Waals surface area contributed by atoms with Crippen LogP contribution >= 0.6 is 24.2 Å². The molecular formula is C13H16ClNOS. The number of hydrogen-bond acceptors (Lipinski definition) is 2. The first kappa shape index (κ1) is 12.8. The van der Waals surface area contributed by atoms with Gasteiger partial charge in [-0.15, -0.1) is 0 Å². The number of likely N-dealkylation sites (tertiary alicyclic amines) is 1. The third-order valence-corrected chi connectivity index (χ3v) is 4.05. The molecule has 0 aliphatic carbocycles. The number of nitrogens with zero attached hydrogens (tertiary/aromatic N) is 1. The zero-order valence-electron chi connectivity index (χ0n) is 9.60. The van der Waals surface area contributed by atoms with Crippen molar-refractivity contribution in [1.29, 1.82) is 0 Å². The molecule has 1 unspecified atom stereocenters. The topological polar surface area (TPSA) is 20.3 Å². The highest BCUT2D eigenvalue weighted by atomic mass is 35.5. The van der Waals surface area contributed by atoms with Crippen LogP contribution in [0.2, 0.25) is 5.02 Å². The van der Waals surface area contributed by atoms with Gasteiger partial charge in [0.25, 0.3) is 0 Å². The van der Waals surface area contributed by atoms with Crippen molar-refractivity contribution in [3.8, 4) is 0 Å². The van der Waals surface area contributed by atoms with E-state index in [9.17, 15) is 4.79 Å². The van der Waals surface area contributed by atoms with Gasteiger partial charge in [0, 0.05) is 24.5 Å². The highest BCUT2D eigenvalue weighted by Gasteiger charge is 2.27. The molecule has 0 radical (unpaired) electrons. The summed E-state index contributed by atoms with van der Waals surface area (Å²) in [6.07, 6.45) is 1.47. The van der Waals surface area contributed by atoms with E-state index in [1.54, 1.807) is 0 Å². The number of hydrogen-bond donors (Lipinski definition) is 1. The Hall–Kier alpha value is -0.670. The molecule has 0 N–H and O–H groups in total. The van der Waals surface area contributed by atoms with Crippen LogP contribution in [0.3, 0.4) is 0 Å². The van der Waals surface area contributed by atoms with Gasteiger partial charge in [-0.3, -0.25) is 4.79 Å². The van der Waals surface area contributed by atoms with Crippen LogP contribution in [0.5, 0.6) is 0 Å². The highest BCUT2D eigenvalue weighted by Crippen LogP contribution is 2.21. The Balaban J connectivity index is 1.91. The number of carbonyl (C=O) groups excluding carboxylic acids is 1. The molecule has 1 heterocycles. The van der Waals surface area contributed by atoms with Crippen molar-refractivity contribution in [2.24, 2.45) is 5.92 Å². The summed E-state index contributed by atoms with van der Waals surface area (Å²) in [5.41, 5.74) is 1.11. The van der Waals surface area contributed by atoms with Crippen molar-refractivity contribution in [2.45, 2.75) is 12.8 Å². The smallest absolute Gasteiger partial charge is 0.222 e. The molecule has 0 bridgehead atoms. The fourth-order valence-electron chi connectivity index (χ4n) is 2.15. The Morgan fingerprint density at radius 3 is 2.82 bits per heavy atom. The summed E-state index contributed by atoms with van der Waals surface area (Å²) in [5.74, 6) is 1.45. The van der Waals surface area contributed by atoms with Crippen molar-refractivity contribution in [1.82, 2.24) is 4.90 Å². The molecule has 1 aromatic rings. The standard InChI is InChI=1S/C13H16ClNOS/c14-12-4-2-1-3-11(12)5-6-15-8-10(9-17)7-13(15)16/h1-4,10,17H,5-9H2. The van der Waals surface area contributed by atoms with E-state index < -0.39 is 0 Å². The summed E-state index contributed by atoms with van der Waals surface area (Å²) in [6.45, 7) is 1.60. The monoisotopic (exact) mass is 269 g/mol. The van der Waals surface area contributed by atoms with Gasteiger partial charge in [0.1, 0.15) is 0 Å². The van der Waals surface area contributed by atoms with Crippen molar-refractivity contribution >= 4 is 30.1 Å². The fraction of sp³-hybridized carbons (Fsp3) is 0.462. The Bertz CT molecular complexity index is 410. The van der Waals surface area contributed by atoms with Gasteiger partial charge in [0.15, 0.2) is 0 Å². The SMILES string of the molecule is O=C1CC(CS)CN1CCc1ccccc1Cl. The minimum absolute atomic E-state index is 0.246. The second kappa shape index (κ2) is 5.78. The van der Waals surface area contributed by atoms with E-state index in [0.717, 1.165) is 35.8 Å². The predicted octanol–water partition coefficient (Wildman–Crippen LogP) is 2.66. The van der Waals surface area contributed by atoms with Crippen LogP contribution in [-0.4, -0.2) is 29.6 Å². The van der Waals surface area contributed by atoms with Crippen LogP contribution < -0.4 is 0 Å². The molecule has 1 saturated heterocycles. The maximum Gasteiger partial charge on any atom is 0.222 e. The first-order chi connectivity index (χ1) is 8.20. The van der Waals surface area contributed by atoms with Crippen LogP contribution in [-0.2, 0) is 11.2 Å². The van der Waals surface area contributed by atoms with Crippen LogP contribution in [0.4, 0.5) is 0 Å². The van der Waals surface area contributed by atoms with Gasteiger partial charge >= 0.3 is 0 Å². The van der Waals surface area contributed by atoms with E-state index in [0.29, 0.717) is 12.3 Å². The summed E-state index contributed by atoms with van der Waals surface area (Å²) in [7, 11) is 0. The molecule has 0 spiro atoms. The summed E-state index contributed by atoms with van der Waals surface area (Å²) < 4.78 is 0. The van der Waals surface area contributed by atoms with Gasteiger partial charge in [0.2, 0.25) is 5.91 Å². The van der Waals surface area contributed by atoms with Crippen LogP contribution in [0, 0.1) is 5.92 Å². The molecule has 1 atom stereocenters. The van der Waals surface area contributed by atoms with Gasteiger partial charge in [-0.05, 0) is 29.7 Å². The molecule has 4 heteroatoms. The first-order valence-electron chi connectivity index (χ1n) is 5.82. The van der Waals surface area contributed by atoms with Gasteiger partial charge in [-0.2, -0.15) is 12.6 Å². The molecular weight excluding hydrogens is 254 g/mol. The van der Waals surface area contributed by atoms with Gasteiger partial charge < -0.3 is 4.90 Å². The lowest BCUT2D eigenvalue weighted by Crippen LogP contribution is -2.27. The molecule has 1 amide bonds. The van der Waals surface area contributed by atoms with Crippen LogP contribution in [0.1, 0.15) is 12.0 Å². The van der Waals surface area contributed by atoms with E-state index in [1.165, 1.54) is 0 Å². The molecule has 17 heavy (non-hydrogen) atoms. The molecule has 2 rings (SSSR count). The number of carbonyl (C=O) groups is 1. The van der Waals surface area contributed by atoms with E-state index in [4.69, 9.17) is 11.6 Å². The average Bonchev–Trinajstić information content (AvgIpc) is 2.69. The van der Waals surface area contributed by atoms with E-state index in [-0.39, 0.29) is 5.91 Å². The number of thiol groups is 1. The zero-order chi connectivity index (χ0) is 12.3. The average molecular weight is 270 g/mol. The molecule has 1 fully saturated rings. The lowest BCUT2D eigenvalue weighted by Gasteiger charge is -2.16. The Kier molecular flexibility index (Phi) is 4.35. The first-order valence-corrected chi connectivity index (χ1v) is 6.84. The van der Waals surface area contributed by atoms with Crippen molar-refractivity contribution < 1.29 is 4.79 Å². The molecule has 1 aliphatic rings. The second-order valence-corrected chi connectivity index (χ2v) is 5.21. The molecule has 92 valence electrons. The third-order valence-electron chi connectivity index (χ3n) is 3.16. The van der Waals surface area contributed by atoms with E-state index in [1.807, 2.05) is 29.2 Å². The van der Waals surface area contributed by atoms with Crippen molar-refractivity contribution in [2.75, 3.05) is 18.8 Å². The maximum absolute atomic E-state index is 11.7. The number of amides is 1. The molecule has 1 aliphatic heterocycles. The largest absolute Gasteiger partial charge is 0.342 e. The quantitative estimate of drug-likeness (QED) is 0.834. The fourth-order valence-corrected chi connectivity index (χ4v) is 2.62. The van der Waals surface area contributed by atoms with E-state index in [2.05, 4.69) is 12.6 Å². The Labute approximate surface area is 112 Å². The minimum Gasteiger partial charge on any atom is -0.342 e. The predicted molar refractivity (Wildman–Crippen MR) is 73.7 cm³/mol. The van der Waals surface area contributed by atoms with Crippen LogP contribution in [0.15, 0.2) is 24.3 Å². The highest BCUT2D eigenvalue weighted by molar-refractivity contribution is 7.80. The maximum atomic E-state index is 11.7. The lowest BCUT2D eigenvalue weighted by molar-refractivity contribution is -0.127. The molecule has 1 aromatic carbocycles. The van der Waals surface area contributed by atoms with Crippen LogP contribution in [0.25, 0.3) is 0 Å². The lowest BCUT2D eigenvalue weighted by atomic mass is 10.1. The normalized spacial score (nSPS) is 20.0. The van der Waals surface area contributed by atoms with E-state index >= 15 is 0 Å². The van der Waals surface area contributed by atoms with Gasteiger partial charge in [-0.1, -0.05) is 29.8 Å². The summed E-state index contributed by atoms with van der Waals surface area (Å²) in [4.78, 5) is 13.6. The number of halogens is 1. The summed E-state index contributed by atoms with van der Waals surface area (Å²) in [5, 5.41) is 0.782. The summed E-state index contributed by atoms with van der Waals surface area (Å²) >= 11 is 10.3. The third kappa shape index (κ3) is 3.17. The number of benzene rings is 1. The number of rotatable bonds is 4. The molecule has 0 saturated carbocycles. The Morgan fingerprint density at radius 2 is 2.18 bits per heavy atom. The van der Waals surface area contributed by atoms with Crippen molar-refractivity contribution in [3.05, 3.63) is 34.9 Å². The minimum atomic E-state index is 0.246. The summed E-state index contributed by atoms with van der Waals surface area (Å²) in [6, 6.07) is 7.80. The molecule has 2 nitrogen and oxygen atoms in total. The molecule has 0 aromatic heterocycles. The van der Waals surface area contributed by atoms with Crippen molar-refractivity contribution in [3.63, 3.8) is 0 Å². The van der Waals surface area contributed by atoms with Gasteiger partial charge in [-0.25, -0.2) is 0 Å².